The van der Waals surface area contributed by atoms with E-state index in [-0.39, 0.29) is 41.1 Å². The smallest absolute Gasteiger partial charge is 0.407 e. The minimum atomic E-state index is -1.22. The van der Waals surface area contributed by atoms with Crippen LogP contribution in [0.2, 0.25) is 0 Å². The van der Waals surface area contributed by atoms with Crippen LogP contribution < -0.4 is 15.5 Å². The van der Waals surface area contributed by atoms with Crippen LogP contribution >= 0.6 is 0 Å². The van der Waals surface area contributed by atoms with Crippen LogP contribution in [0, 0.1) is 11.8 Å². The predicted molar refractivity (Wildman–Crippen MR) is 239 cm³/mol. The van der Waals surface area contributed by atoms with Gasteiger partial charge in [0.2, 0.25) is 11.8 Å². The van der Waals surface area contributed by atoms with Crippen LogP contribution in [-0.4, -0.2) is 104 Å². The van der Waals surface area contributed by atoms with Crippen LogP contribution in [0.3, 0.4) is 0 Å². The number of anilines is 1. The van der Waals surface area contributed by atoms with E-state index in [0.29, 0.717) is 24.7 Å². The first kappa shape index (κ1) is 43.0. The number of rotatable bonds is 13. The summed E-state index contributed by atoms with van der Waals surface area (Å²) >= 11 is 0. The maximum absolute atomic E-state index is 13.8. The molecule has 0 spiro atoms. The van der Waals surface area contributed by atoms with Gasteiger partial charge in [0.15, 0.2) is 0 Å². The Morgan fingerprint density at radius 3 is 1.67 bits per heavy atom. The number of para-hydroxylation sites is 1. The van der Waals surface area contributed by atoms with E-state index in [9.17, 15) is 24.3 Å². The maximum Gasteiger partial charge on any atom is 0.407 e. The Labute approximate surface area is 367 Å². The summed E-state index contributed by atoms with van der Waals surface area (Å²) in [6.07, 6.45) is 4.93. The topological polar surface area (TPSA) is 189 Å². The van der Waals surface area contributed by atoms with E-state index in [1.54, 1.807) is 4.90 Å². The van der Waals surface area contributed by atoms with Crippen LogP contribution in [0.4, 0.5) is 15.3 Å². The number of benzene rings is 3. The van der Waals surface area contributed by atoms with Crippen molar-refractivity contribution < 1.29 is 29.0 Å². The summed E-state index contributed by atoms with van der Waals surface area (Å²) in [6.45, 7) is 10.1. The Balaban J connectivity index is 1.07. The van der Waals surface area contributed by atoms with Crippen molar-refractivity contribution in [1.82, 2.24) is 40.4 Å². The van der Waals surface area contributed by atoms with E-state index in [4.69, 9.17) is 14.7 Å². The molecule has 0 aliphatic carbocycles. The molecule has 3 aliphatic rings. The zero-order valence-corrected chi connectivity index (χ0v) is 36.5. The lowest BCUT2D eigenvalue weighted by atomic mass is 9.67. The highest BCUT2D eigenvalue weighted by Crippen LogP contribution is 2.45. The number of nitrogens with one attached hydrogen (secondary N) is 4. The van der Waals surface area contributed by atoms with Gasteiger partial charge in [-0.3, -0.25) is 9.59 Å². The van der Waals surface area contributed by atoms with Gasteiger partial charge < -0.3 is 45.1 Å². The quantitative estimate of drug-likeness (QED) is 0.0811. The number of nitrogens with zero attached hydrogens (tertiary/aromatic N) is 5. The molecule has 3 aromatic carbocycles. The average molecular weight is 856 g/mol. The summed E-state index contributed by atoms with van der Waals surface area (Å²) in [6, 6.07) is 25.5. The highest BCUT2D eigenvalue weighted by Gasteiger charge is 2.46. The van der Waals surface area contributed by atoms with Crippen molar-refractivity contribution in [2.75, 3.05) is 38.2 Å². The molecule has 3 saturated heterocycles. The van der Waals surface area contributed by atoms with E-state index in [1.807, 2.05) is 51.1 Å². The number of carbonyl (C=O) groups excluding carboxylic acids is 3. The summed E-state index contributed by atoms with van der Waals surface area (Å²) in [5, 5.41) is 14.6. The third kappa shape index (κ3) is 8.60. The van der Waals surface area contributed by atoms with Crippen molar-refractivity contribution >= 4 is 29.7 Å². The number of carbonyl (C=O) groups is 4. The number of likely N-dealkylation sites (tertiary alicyclic amines) is 2. The molecular formula is C48H57N9O6. The Bertz CT molecular complexity index is 2440. The molecule has 4 atom stereocenters. The summed E-state index contributed by atoms with van der Waals surface area (Å²) in [7, 11) is 1.29. The van der Waals surface area contributed by atoms with Gasteiger partial charge in [-0.05, 0) is 84.0 Å². The second-order valence-electron chi connectivity index (χ2n) is 17.7. The van der Waals surface area contributed by atoms with E-state index in [0.717, 1.165) is 78.1 Å². The summed E-state index contributed by atoms with van der Waals surface area (Å²) in [4.78, 5) is 73.8. The molecular weight excluding hydrogens is 799 g/mol. The van der Waals surface area contributed by atoms with Gasteiger partial charge in [-0.15, -0.1) is 0 Å². The Morgan fingerprint density at radius 1 is 0.714 bits per heavy atom. The second-order valence-corrected chi connectivity index (χ2v) is 17.7. The van der Waals surface area contributed by atoms with Crippen LogP contribution in [0.25, 0.3) is 22.5 Å². The lowest BCUT2D eigenvalue weighted by Crippen LogP contribution is -2.60. The fraction of sp³-hybridized carbons (Fsp3) is 0.417. The molecule has 5 N–H and O–H groups in total. The largest absolute Gasteiger partial charge is 0.465 e. The number of carboxylic acid groups (broad SMARTS) is 1. The number of H-pyrrole nitrogens is 2. The van der Waals surface area contributed by atoms with Gasteiger partial charge in [0.05, 0.1) is 48.4 Å². The molecule has 8 rings (SSSR count). The fourth-order valence-corrected chi connectivity index (χ4v) is 9.57. The molecule has 330 valence electrons. The van der Waals surface area contributed by atoms with Crippen LogP contribution in [0.5, 0.6) is 0 Å². The molecule has 15 heteroatoms. The number of imidazole rings is 2. The van der Waals surface area contributed by atoms with Gasteiger partial charge in [0, 0.05) is 31.9 Å². The highest BCUT2D eigenvalue weighted by atomic mass is 16.5. The van der Waals surface area contributed by atoms with Gasteiger partial charge in [0.1, 0.15) is 23.7 Å². The third-order valence-corrected chi connectivity index (χ3v) is 13.0. The van der Waals surface area contributed by atoms with Crippen LogP contribution in [0.1, 0.15) is 88.2 Å². The van der Waals surface area contributed by atoms with Gasteiger partial charge in [-0.1, -0.05) is 82.3 Å². The molecule has 3 fully saturated rings. The van der Waals surface area contributed by atoms with Crippen molar-refractivity contribution in [1.29, 1.82) is 0 Å². The molecule has 0 saturated carbocycles. The van der Waals surface area contributed by atoms with Crippen LogP contribution in [-0.2, 0) is 19.7 Å². The predicted octanol–water partition coefficient (Wildman–Crippen LogP) is 7.27. The van der Waals surface area contributed by atoms with Crippen molar-refractivity contribution in [3.63, 3.8) is 0 Å². The lowest BCUT2D eigenvalue weighted by Gasteiger charge is -2.52. The zero-order chi connectivity index (χ0) is 44.4. The number of amides is 4. The van der Waals surface area contributed by atoms with E-state index in [2.05, 4.69) is 98.3 Å². The SMILES string of the molecule is COC(=O)N[C@H](C(=O)N1CCC[C@H]1c1ncc(-c2cccc(C3(c4cccc(-c5cnc([C@@H]6CCCN6C(=O)[C@@H](NC(=O)O)C(C)C)[nH]5)c4)CN(c4ccccc4)C3)c2)[nH]1)C(C)C. The molecule has 5 heterocycles. The molecule has 3 aliphatic heterocycles. The van der Waals surface area contributed by atoms with Crippen molar-refractivity contribution in [3.8, 4) is 22.5 Å². The first-order valence-electron chi connectivity index (χ1n) is 21.9. The molecule has 15 nitrogen and oxygen atoms in total. The molecule has 4 amide bonds. The first-order chi connectivity index (χ1) is 30.4. The number of methoxy groups -OCH3 is 1. The van der Waals surface area contributed by atoms with Crippen molar-refractivity contribution in [3.05, 3.63) is 114 Å². The molecule has 2 aromatic heterocycles. The molecule has 0 radical (unpaired) electrons. The van der Waals surface area contributed by atoms with Gasteiger partial charge in [-0.2, -0.15) is 0 Å². The van der Waals surface area contributed by atoms with E-state index < -0.39 is 24.3 Å². The summed E-state index contributed by atoms with van der Waals surface area (Å²) in [5.41, 5.74) is 6.75. The average Bonchev–Trinajstić information content (AvgIpc) is 4.11. The standard InChI is InChI=1S/C48H57N9O6/c1-29(2)40(53-46(60)61)44(58)56-21-11-19-38(56)42-49-25-36(51-42)31-13-9-15-33(23-31)48(27-55(28-48)35-17-7-6-8-18-35)34-16-10-14-32(24-34)37-26-50-43(52-37)39-20-12-22-57(39)45(59)41(30(3)4)54-47(62)63-5/h6-10,13-18,23-26,29-30,38-41,53H,11-12,19-22,27-28H2,1-5H3,(H,49,51)(H,50,52)(H,54,62)(H,60,61)/t38-,39-,40-,41-/m0/s1. The monoisotopic (exact) mass is 855 g/mol. The minimum absolute atomic E-state index is 0.129. The van der Waals surface area contributed by atoms with Crippen LogP contribution in [0.15, 0.2) is 91.3 Å². The third-order valence-electron chi connectivity index (χ3n) is 13.0. The fourth-order valence-electron chi connectivity index (χ4n) is 9.57. The summed E-state index contributed by atoms with van der Waals surface area (Å²) in [5.74, 6) is 0.670. The van der Waals surface area contributed by atoms with E-state index in [1.165, 1.54) is 7.11 Å². The minimum Gasteiger partial charge on any atom is -0.465 e. The van der Waals surface area contributed by atoms with Crippen molar-refractivity contribution in [2.45, 2.75) is 83.0 Å². The van der Waals surface area contributed by atoms with Gasteiger partial charge >= 0.3 is 12.2 Å². The lowest BCUT2D eigenvalue weighted by molar-refractivity contribution is -0.136. The number of hydrogen-bond acceptors (Lipinski definition) is 8. The first-order valence-corrected chi connectivity index (χ1v) is 21.9. The van der Waals surface area contributed by atoms with Gasteiger partial charge in [-0.25, -0.2) is 19.6 Å². The normalized spacial score (nSPS) is 19.2. The molecule has 0 unspecified atom stereocenters. The van der Waals surface area contributed by atoms with Gasteiger partial charge in [0.25, 0.3) is 0 Å². The second kappa shape index (κ2) is 18.0. The summed E-state index contributed by atoms with van der Waals surface area (Å²) < 4.78 is 4.81. The highest BCUT2D eigenvalue weighted by molar-refractivity contribution is 5.87. The number of aromatic amines is 2. The number of hydrogen-bond donors (Lipinski definition) is 5. The Morgan fingerprint density at radius 2 is 1.21 bits per heavy atom. The Kier molecular flexibility index (Phi) is 12.3. The number of aromatic nitrogens is 4. The van der Waals surface area contributed by atoms with E-state index >= 15 is 0 Å². The molecule has 5 aromatic rings. The number of ether oxygens (including phenoxy) is 1. The number of alkyl carbamates (subject to hydrolysis) is 1. The molecule has 0 bridgehead atoms. The van der Waals surface area contributed by atoms with Crippen molar-refractivity contribution in [2.24, 2.45) is 11.8 Å². The molecule has 63 heavy (non-hydrogen) atoms. The Hall–Kier alpha value is -6.64. The maximum atomic E-state index is 13.8. The zero-order valence-electron chi connectivity index (χ0n) is 36.5.